The van der Waals surface area contributed by atoms with Crippen molar-refractivity contribution in [2.45, 2.75) is 19.8 Å². The van der Waals surface area contributed by atoms with E-state index in [1.54, 1.807) is 6.92 Å². The quantitative estimate of drug-likeness (QED) is 0.655. The van der Waals surface area contributed by atoms with Crippen molar-refractivity contribution < 1.29 is 9.90 Å². The largest absolute Gasteiger partial charge is 0.478 e. The van der Waals surface area contributed by atoms with Gasteiger partial charge in [-0.1, -0.05) is 0 Å². The molecule has 1 saturated carbocycles. The van der Waals surface area contributed by atoms with Crippen LogP contribution in [0.5, 0.6) is 0 Å². The van der Waals surface area contributed by atoms with Crippen LogP contribution < -0.4 is 5.43 Å². The van der Waals surface area contributed by atoms with Crippen LogP contribution in [-0.2, 0) is 4.79 Å². The molecule has 0 bridgehead atoms. The van der Waals surface area contributed by atoms with E-state index in [9.17, 15) is 4.79 Å². The summed E-state index contributed by atoms with van der Waals surface area (Å²) in [5.41, 5.74) is 5.30. The maximum Gasteiger partial charge on any atom is 0.339 e. The van der Waals surface area contributed by atoms with Crippen molar-refractivity contribution in [3.8, 4) is 0 Å². The molecule has 0 aromatic heterocycles. The van der Waals surface area contributed by atoms with Gasteiger partial charge in [-0.2, -0.15) is 10.5 Å². The van der Waals surface area contributed by atoms with E-state index in [-0.39, 0.29) is 0 Å². The minimum absolute atomic E-state index is 0.317. The number of aliphatic carboxylic acids is 1. The summed E-state index contributed by atoms with van der Waals surface area (Å²) in [6.45, 7) is 1.68. The summed E-state index contributed by atoms with van der Waals surface area (Å²) < 4.78 is 0. The van der Waals surface area contributed by atoms with Crippen LogP contribution in [0.2, 0.25) is 0 Å². The van der Waals surface area contributed by atoms with Gasteiger partial charge in [0.25, 0.3) is 0 Å². The van der Waals surface area contributed by atoms with Crippen molar-refractivity contribution in [1.29, 1.82) is 0 Å². The van der Waals surface area contributed by atoms with Crippen LogP contribution in [0.1, 0.15) is 19.8 Å². The van der Waals surface area contributed by atoms with E-state index < -0.39 is 5.97 Å². The molecule has 4 nitrogen and oxygen atoms in total. The van der Waals surface area contributed by atoms with Gasteiger partial charge >= 0.3 is 5.97 Å². The zero-order chi connectivity index (χ0) is 8.72. The molecule has 1 aliphatic carbocycles. The van der Waals surface area contributed by atoms with Crippen LogP contribution in [0.15, 0.2) is 16.4 Å². The van der Waals surface area contributed by atoms with E-state index in [0.717, 1.165) is 12.8 Å². The molecule has 4 heteroatoms. The Balaban J connectivity index is 2.30. The highest BCUT2D eigenvalue weighted by Crippen LogP contribution is 2.35. The summed E-state index contributed by atoms with van der Waals surface area (Å²) in [5.74, 6) is -0.545. The smallest absolute Gasteiger partial charge is 0.339 e. The molecule has 63 valence electrons. The van der Waals surface area contributed by atoms with E-state index >= 15 is 0 Å². The van der Waals surface area contributed by atoms with Crippen molar-refractivity contribution >= 4 is 11.7 Å². The molecule has 1 radical (unpaired) electrons. The average Bonchev–Trinajstić information content (AvgIpc) is 2.75. The second-order valence-electron chi connectivity index (χ2n) is 3.13. The van der Waals surface area contributed by atoms with Gasteiger partial charge in [-0.05, 0) is 19.8 Å². The zero-order valence-corrected chi connectivity index (χ0v) is 6.74. The lowest BCUT2D eigenvalue weighted by molar-refractivity contribution is -0.132. The third kappa shape index (κ3) is 0.995. The van der Waals surface area contributed by atoms with E-state index in [0.29, 0.717) is 22.9 Å². The molecule has 2 aliphatic rings. The Kier molecular flexibility index (Phi) is 1.43. The van der Waals surface area contributed by atoms with Crippen molar-refractivity contribution in [3.05, 3.63) is 11.3 Å². The summed E-state index contributed by atoms with van der Waals surface area (Å²) in [5, 5.41) is 12.7. The first-order valence-corrected chi connectivity index (χ1v) is 3.93. The Morgan fingerprint density at radius 2 is 2.25 bits per heavy atom. The molecule has 2 rings (SSSR count). The lowest BCUT2D eigenvalue weighted by Crippen LogP contribution is -2.12. The van der Waals surface area contributed by atoms with Crippen molar-refractivity contribution in [2.24, 2.45) is 11.0 Å². The summed E-state index contributed by atoms with van der Waals surface area (Å²) in [7, 11) is 0. The van der Waals surface area contributed by atoms with Crippen LogP contribution in [0.3, 0.4) is 0 Å². The molecule has 1 fully saturated rings. The molecule has 0 unspecified atom stereocenters. The van der Waals surface area contributed by atoms with Gasteiger partial charge in [0.2, 0.25) is 0 Å². The predicted octanol–water partition coefficient (Wildman–Crippen LogP) is 0.729. The Morgan fingerprint density at radius 1 is 1.58 bits per heavy atom. The highest BCUT2D eigenvalue weighted by molar-refractivity contribution is 6.22. The zero-order valence-electron chi connectivity index (χ0n) is 6.74. The van der Waals surface area contributed by atoms with Crippen LogP contribution in [-0.4, -0.2) is 16.8 Å². The van der Waals surface area contributed by atoms with Crippen LogP contribution in [0, 0.1) is 5.92 Å². The van der Waals surface area contributed by atoms with Gasteiger partial charge in [-0.3, -0.25) is 0 Å². The summed E-state index contributed by atoms with van der Waals surface area (Å²) in [6, 6.07) is 0. The number of carboxylic acid groups (broad SMARTS) is 1. The number of hydrogen-bond acceptors (Lipinski definition) is 2. The Bertz CT molecular complexity index is 300. The second kappa shape index (κ2) is 2.33. The third-order valence-electron chi connectivity index (χ3n) is 2.10. The maximum atomic E-state index is 10.8. The first kappa shape index (κ1) is 7.34. The third-order valence-corrected chi connectivity index (χ3v) is 2.10. The monoisotopic (exact) mass is 165 g/mol. The molecule has 1 heterocycles. The molecule has 0 saturated heterocycles. The lowest BCUT2D eigenvalue weighted by Gasteiger charge is -1.97. The van der Waals surface area contributed by atoms with Crippen LogP contribution in [0.25, 0.3) is 0 Å². The molecule has 0 amide bonds. The molecular weight excluding hydrogens is 156 g/mol. The van der Waals surface area contributed by atoms with Gasteiger partial charge in [0.1, 0.15) is 5.57 Å². The van der Waals surface area contributed by atoms with Gasteiger partial charge in [0, 0.05) is 5.92 Å². The normalized spacial score (nSPS) is 22.2. The van der Waals surface area contributed by atoms with Gasteiger partial charge in [0.15, 0.2) is 0 Å². The van der Waals surface area contributed by atoms with Gasteiger partial charge in [0.05, 0.1) is 11.4 Å². The van der Waals surface area contributed by atoms with Gasteiger partial charge < -0.3 is 5.11 Å². The average molecular weight is 165 g/mol. The fraction of sp³-hybridized carbons (Fsp3) is 0.500. The minimum atomic E-state index is -0.903. The van der Waals surface area contributed by atoms with Crippen LogP contribution in [0.4, 0.5) is 0 Å². The number of allylic oxidation sites excluding steroid dienone is 1. The highest BCUT2D eigenvalue weighted by Gasteiger charge is 2.36. The predicted molar refractivity (Wildman–Crippen MR) is 42.6 cm³/mol. The lowest BCUT2D eigenvalue weighted by atomic mass is 10.1. The molecule has 1 N–H and O–H groups in total. The topological polar surface area (TPSA) is 63.8 Å². The van der Waals surface area contributed by atoms with Crippen LogP contribution >= 0.6 is 0 Å². The molecule has 0 atom stereocenters. The Labute approximate surface area is 70.0 Å². The molecule has 0 aromatic rings. The summed E-state index contributed by atoms with van der Waals surface area (Å²) >= 11 is 0. The highest BCUT2D eigenvalue weighted by atomic mass is 16.4. The van der Waals surface area contributed by atoms with E-state index in [1.807, 2.05) is 0 Å². The molecule has 1 aliphatic heterocycles. The summed E-state index contributed by atoms with van der Waals surface area (Å²) in [4.78, 5) is 10.8. The van der Waals surface area contributed by atoms with Gasteiger partial charge in [-0.25, -0.2) is 4.79 Å². The SMILES string of the molecule is CC1=C(C(=O)O)C(C2CC2)=N[N]1. The number of nitrogens with zero attached hydrogens (tertiary/aromatic N) is 2. The first-order chi connectivity index (χ1) is 5.70. The van der Waals surface area contributed by atoms with E-state index in [4.69, 9.17) is 5.11 Å². The maximum absolute atomic E-state index is 10.8. The van der Waals surface area contributed by atoms with Crippen molar-refractivity contribution in [2.75, 3.05) is 0 Å². The van der Waals surface area contributed by atoms with Crippen molar-refractivity contribution in [1.82, 2.24) is 5.43 Å². The molecular formula is C8H9N2O2. The minimum Gasteiger partial charge on any atom is -0.478 e. The Hall–Kier alpha value is -1.32. The van der Waals surface area contributed by atoms with Crippen molar-refractivity contribution in [3.63, 3.8) is 0 Å². The number of hydrogen-bond donors (Lipinski definition) is 1. The first-order valence-electron chi connectivity index (χ1n) is 3.93. The number of carboxylic acids is 1. The number of rotatable bonds is 2. The van der Waals surface area contributed by atoms with E-state index in [1.165, 1.54) is 0 Å². The fourth-order valence-corrected chi connectivity index (χ4v) is 1.32. The standard InChI is InChI=1S/C8H9N2O2/c1-4-6(8(11)12)7(10-9-4)5-2-3-5/h5H,2-3H2,1H3,(H,11,12). The second-order valence-corrected chi connectivity index (χ2v) is 3.13. The number of carbonyl (C=O) groups is 1. The summed E-state index contributed by atoms with van der Waals surface area (Å²) in [6.07, 6.45) is 2.11. The molecule has 0 spiro atoms. The molecule has 0 aromatic carbocycles. The van der Waals surface area contributed by atoms with Gasteiger partial charge in [-0.15, -0.1) is 0 Å². The van der Waals surface area contributed by atoms with E-state index in [2.05, 4.69) is 10.5 Å². The fourth-order valence-electron chi connectivity index (χ4n) is 1.32. The Morgan fingerprint density at radius 3 is 2.75 bits per heavy atom. The molecule has 12 heavy (non-hydrogen) atoms.